The number of carbonyl (C=O) groups is 1. The van der Waals surface area contributed by atoms with Crippen molar-refractivity contribution in [3.63, 3.8) is 0 Å². The predicted molar refractivity (Wildman–Crippen MR) is 113 cm³/mol. The number of amides is 1. The van der Waals surface area contributed by atoms with Gasteiger partial charge < -0.3 is 9.88 Å². The Morgan fingerprint density at radius 2 is 2.04 bits per heavy atom. The zero-order chi connectivity index (χ0) is 19.9. The number of anilines is 1. The lowest BCUT2D eigenvalue weighted by atomic mass is 10.1. The second-order valence-electron chi connectivity index (χ2n) is 6.64. The summed E-state index contributed by atoms with van der Waals surface area (Å²) in [5.74, 6) is 1.02. The second-order valence-corrected chi connectivity index (χ2v) is 7.58. The molecule has 7 heteroatoms. The number of nitrogens with one attached hydrogen (secondary N) is 1. The first-order valence-electron chi connectivity index (χ1n) is 9.42. The standard InChI is InChI=1S/C21H25N5OS/c1-4-5-12-26-20(17-9-7-11-22-13-17)24-25-21(26)28-14-19(27)23-18-10-6-8-15(2)16(18)3/h6-11,13H,4-5,12,14H2,1-3H3,(H,23,27). The largest absolute Gasteiger partial charge is 0.325 e. The summed E-state index contributed by atoms with van der Waals surface area (Å²) in [6, 6.07) is 9.78. The minimum Gasteiger partial charge on any atom is -0.325 e. The van der Waals surface area contributed by atoms with Crippen molar-refractivity contribution in [3.8, 4) is 11.4 Å². The van der Waals surface area contributed by atoms with E-state index in [9.17, 15) is 4.79 Å². The van der Waals surface area contributed by atoms with E-state index in [0.29, 0.717) is 0 Å². The zero-order valence-corrected chi connectivity index (χ0v) is 17.3. The quantitative estimate of drug-likeness (QED) is 0.569. The average molecular weight is 396 g/mol. The van der Waals surface area contributed by atoms with Gasteiger partial charge in [0.25, 0.3) is 0 Å². The van der Waals surface area contributed by atoms with Crippen LogP contribution < -0.4 is 5.32 Å². The topological polar surface area (TPSA) is 72.7 Å². The van der Waals surface area contributed by atoms with Crippen molar-refractivity contribution < 1.29 is 4.79 Å². The molecule has 0 radical (unpaired) electrons. The summed E-state index contributed by atoms with van der Waals surface area (Å²) in [6.07, 6.45) is 5.62. The lowest BCUT2D eigenvalue weighted by molar-refractivity contribution is -0.113. The maximum atomic E-state index is 12.5. The molecule has 2 heterocycles. The Kier molecular flexibility index (Phi) is 6.81. The van der Waals surface area contributed by atoms with Gasteiger partial charge in [-0.25, -0.2) is 0 Å². The van der Waals surface area contributed by atoms with E-state index in [1.807, 2.05) is 44.2 Å². The summed E-state index contributed by atoms with van der Waals surface area (Å²) in [5, 5.41) is 12.4. The third-order valence-electron chi connectivity index (χ3n) is 4.58. The normalized spacial score (nSPS) is 10.8. The molecule has 0 fully saturated rings. The van der Waals surface area contributed by atoms with Crippen molar-refractivity contribution in [1.82, 2.24) is 19.7 Å². The monoisotopic (exact) mass is 395 g/mol. The minimum atomic E-state index is -0.0494. The lowest BCUT2D eigenvalue weighted by Crippen LogP contribution is -2.15. The fourth-order valence-electron chi connectivity index (χ4n) is 2.82. The fraction of sp³-hybridized carbons (Fsp3) is 0.333. The van der Waals surface area contributed by atoms with Crippen LogP contribution in [-0.4, -0.2) is 31.4 Å². The van der Waals surface area contributed by atoms with Crippen molar-refractivity contribution in [2.24, 2.45) is 0 Å². The summed E-state index contributed by atoms with van der Waals surface area (Å²) in [5.41, 5.74) is 4.03. The summed E-state index contributed by atoms with van der Waals surface area (Å²) in [6.45, 7) is 7.02. The Bertz CT molecular complexity index is 939. The molecule has 6 nitrogen and oxygen atoms in total. The van der Waals surface area contributed by atoms with Crippen molar-refractivity contribution >= 4 is 23.4 Å². The molecule has 0 saturated heterocycles. The molecule has 0 atom stereocenters. The maximum Gasteiger partial charge on any atom is 0.234 e. The minimum absolute atomic E-state index is 0.0494. The van der Waals surface area contributed by atoms with Crippen LogP contribution >= 0.6 is 11.8 Å². The highest BCUT2D eigenvalue weighted by Gasteiger charge is 2.16. The van der Waals surface area contributed by atoms with Gasteiger partial charge in [-0.2, -0.15) is 0 Å². The van der Waals surface area contributed by atoms with Crippen LogP contribution in [0.5, 0.6) is 0 Å². The van der Waals surface area contributed by atoms with Crippen molar-refractivity contribution in [2.75, 3.05) is 11.1 Å². The molecule has 0 bridgehead atoms. The van der Waals surface area contributed by atoms with Crippen LogP contribution in [-0.2, 0) is 11.3 Å². The first-order chi connectivity index (χ1) is 13.6. The van der Waals surface area contributed by atoms with Crippen LogP contribution in [0.25, 0.3) is 11.4 Å². The van der Waals surface area contributed by atoms with E-state index >= 15 is 0 Å². The number of carbonyl (C=O) groups excluding carboxylic acids is 1. The Morgan fingerprint density at radius 3 is 2.79 bits per heavy atom. The molecule has 3 rings (SSSR count). The van der Waals surface area contributed by atoms with Crippen molar-refractivity contribution in [2.45, 2.75) is 45.3 Å². The third kappa shape index (κ3) is 4.78. The van der Waals surface area contributed by atoms with Gasteiger partial charge in [0.05, 0.1) is 5.75 Å². The number of pyridine rings is 1. The van der Waals surface area contributed by atoms with E-state index in [1.165, 1.54) is 11.8 Å². The molecule has 0 unspecified atom stereocenters. The third-order valence-corrected chi connectivity index (χ3v) is 5.55. The van der Waals surface area contributed by atoms with Gasteiger partial charge in [-0.15, -0.1) is 10.2 Å². The summed E-state index contributed by atoms with van der Waals surface area (Å²) >= 11 is 1.41. The average Bonchev–Trinajstić information content (AvgIpc) is 3.11. The first kappa shape index (κ1) is 20.1. The van der Waals surface area contributed by atoms with Crippen LogP contribution in [0, 0.1) is 13.8 Å². The van der Waals surface area contributed by atoms with Gasteiger partial charge in [-0.1, -0.05) is 37.2 Å². The number of hydrogen-bond donors (Lipinski definition) is 1. The Labute approximate surface area is 169 Å². The summed E-state index contributed by atoms with van der Waals surface area (Å²) in [4.78, 5) is 16.6. The summed E-state index contributed by atoms with van der Waals surface area (Å²) < 4.78 is 2.08. The maximum absolute atomic E-state index is 12.5. The van der Waals surface area contributed by atoms with Crippen LogP contribution in [0.15, 0.2) is 47.9 Å². The van der Waals surface area contributed by atoms with Crippen LogP contribution in [0.3, 0.4) is 0 Å². The number of unbranched alkanes of at least 4 members (excludes halogenated alkanes) is 1. The van der Waals surface area contributed by atoms with E-state index < -0.39 is 0 Å². The number of hydrogen-bond acceptors (Lipinski definition) is 5. The number of rotatable bonds is 8. The van der Waals surface area contributed by atoms with Gasteiger partial charge >= 0.3 is 0 Å². The van der Waals surface area contributed by atoms with Crippen molar-refractivity contribution in [1.29, 1.82) is 0 Å². The Hall–Kier alpha value is -2.67. The molecular formula is C21H25N5OS. The number of aryl methyl sites for hydroxylation is 1. The van der Waals surface area contributed by atoms with E-state index in [-0.39, 0.29) is 11.7 Å². The predicted octanol–water partition coefficient (Wildman–Crippen LogP) is 4.49. The van der Waals surface area contributed by atoms with E-state index in [0.717, 1.165) is 52.7 Å². The fourth-order valence-corrected chi connectivity index (χ4v) is 3.59. The van der Waals surface area contributed by atoms with E-state index in [4.69, 9.17) is 0 Å². The highest BCUT2D eigenvalue weighted by molar-refractivity contribution is 7.99. The lowest BCUT2D eigenvalue weighted by Gasteiger charge is -2.11. The van der Waals surface area contributed by atoms with Crippen LogP contribution in [0.4, 0.5) is 5.69 Å². The molecule has 0 saturated carbocycles. The molecule has 146 valence electrons. The molecule has 1 amide bonds. The van der Waals surface area contributed by atoms with Gasteiger partial charge in [0.1, 0.15) is 0 Å². The molecule has 0 aliphatic carbocycles. The highest BCUT2D eigenvalue weighted by atomic mass is 32.2. The molecule has 1 aromatic carbocycles. The molecular weight excluding hydrogens is 370 g/mol. The van der Waals surface area contributed by atoms with Crippen LogP contribution in [0.1, 0.15) is 30.9 Å². The van der Waals surface area contributed by atoms with Gasteiger partial charge in [0, 0.05) is 30.2 Å². The van der Waals surface area contributed by atoms with Gasteiger partial charge in [0.2, 0.25) is 5.91 Å². The van der Waals surface area contributed by atoms with Crippen molar-refractivity contribution in [3.05, 3.63) is 53.9 Å². The molecule has 0 aliphatic rings. The van der Waals surface area contributed by atoms with E-state index in [1.54, 1.807) is 12.4 Å². The summed E-state index contributed by atoms with van der Waals surface area (Å²) in [7, 11) is 0. The van der Waals surface area contributed by atoms with Gasteiger partial charge in [-0.05, 0) is 49.6 Å². The smallest absolute Gasteiger partial charge is 0.234 e. The molecule has 1 N–H and O–H groups in total. The van der Waals surface area contributed by atoms with Crippen LogP contribution in [0.2, 0.25) is 0 Å². The number of aromatic nitrogens is 4. The SMILES string of the molecule is CCCCn1c(SCC(=O)Nc2cccc(C)c2C)nnc1-c1cccnc1. The zero-order valence-electron chi connectivity index (χ0n) is 16.5. The van der Waals surface area contributed by atoms with E-state index in [2.05, 4.69) is 32.0 Å². The molecule has 28 heavy (non-hydrogen) atoms. The Morgan fingerprint density at radius 1 is 1.18 bits per heavy atom. The molecule has 0 aliphatic heterocycles. The number of thioether (sulfide) groups is 1. The molecule has 0 spiro atoms. The highest BCUT2D eigenvalue weighted by Crippen LogP contribution is 2.25. The number of nitrogens with zero attached hydrogens (tertiary/aromatic N) is 4. The van der Waals surface area contributed by atoms with Gasteiger partial charge in [-0.3, -0.25) is 9.78 Å². The first-order valence-corrected chi connectivity index (χ1v) is 10.4. The molecule has 2 aromatic heterocycles. The van der Waals surface area contributed by atoms with Gasteiger partial charge in [0.15, 0.2) is 11.0 Å². The Balaban J connectivity index is 1.72. The second kappa shape index (κ2) is 9.50. The number of benzene rings is 1. The molecule has 3 aromatic rings.